The standard InChI is InChI=1S/C17H22N2O5/c18-16(21)17(22)5-7-19(8-6-17)15(20)4-2-12-1-3-13-14(11-12)24-10-9-23-13/h1,3,11,22H,2,4-10H2,(H2,18,21). The van der Waals surface area contributed by atoms with E-state index in [-0.39, 0.29) is 18.7 Å². The van der Waals surface area contributed by atoms with Crippen molar-refractivity contribution in [2.24, 2.45) is 5.73 Å². The Morgan fingerprint density at radius 1 is 1.17 bits per heavy atom. The van der Waals surface area contributed by atoms with Gasteiger partial charge < -0.3 is 25.2 Å². The van der Waals surface area contributed by atoms with E-state index in [9.17, 15) is 14.7 Å². The summed E-state index contributed by atoms with van der Waals surface area (Å²) >= 11 is 0. The molecule has 3 N–H and O–H groups in total. The second-order valence-corrected chi connectivity index (χ2v) is 6.25. The van der Waals surface area contributed by atoms with Crippen LogP contribution in [-0.2, 0) is 16.0 Å². The van der Waals surface area contributed by atoms with Crippen LogP contribution in [-0.4, -0.2) is 53.7 Å². The number of nitrogens with zero attached hydrogens (tertiary/aromatic N) is 1. The van der Waals surface area contributed by atoms with E-state index in [1.54, 1.807) is 4.90 Å². The summed E-state index contributed by atoms with van der Waals surface area (Å²) < 4.78 is 11.0. The average Bonchev–Trinajstić information content (AvgIpc) is 2.60. The molecule has 1 aromatic rings. The van der Waals surface area contributed by atoms with Gasteiger partial charge in [-0.3, -0.25) is 9.59 Å². The van der Waals surface area contributed by atoms with Gasteiger partial charge in [0.05, 0.1) is 0 Å². The Bertz CT molecular complexity index is 638. The SMILES string of the molecule is NC(=O)C1(O)CCN(C(=O)CCc2ccc3c(c2)OCCO3)CC1. The van der Waals surface area contributed by atoms with E-state index in [0.717, 1.165) is 17.1 Å². The fourth-order valence-electron chi connectivity index (χ4n) is 3.03. The van der Waals surface area contributed by atoms with Gasteiger partial charge in [-0.1, -0.05) is 6.07 Å². The van der Waals surface area contributed by atoms with Gasteiger partial charge in [-0.05, 0) is 24.1 Å². The average molecular weight is 334 g/mol. The molecule has 0 radical (unpaired) electrons. The number of carbonyl (C=O) groups is 2. The fourth-order valence-corrected chi connectivity index (χ4v) is 3.03. The molecule has 0 spiro atoms. The summed E-state index contributed by atoms with van der Waals surface area (Å²) in [5, 5.41) is 10.0. The third-order valence-electron chi connectivity index (χ3n) is 4.64. The zero-order valence-corrected chi connectivity index (χ0v) is 13.5. The number of piperidine rings is 1. The van der Waals surface area contributed by atoms with Crippen LogP contribution in [0.25, 0.3) is 0 Å². The predicted molar refractivity (Wildman–Crippen MR) is 85.7 cm³/mol. The molecule has 3 rings (SSSR count). The molecule has 2 heterocycles. The third-order valence-corrected chi connectivity index (χ3v) is 4.64. The number of benzene rings is 1. The van der Waals surface area contributed by atoms with Gasteiger partial charge in [-0.2, -0.15) is 0 Å². The van der Waals surface area contributed by atoms with E-state index in [1.165, 1.54) is 0 Å². The van der Waals surface area contributed by atoms with Gasteiger partial charge >= 0.3 is 0 Å². The molecule has 24 heavy (non-hydrogen) atoms. The van der Waals surface area contributed by atoms with Crippen molar-refractivity contribution in [3.8, 4) is 11.5 Å². The lowest BCUT2D eigenvalue weighted by Gasteiger charge is -2.36. The highest BCUT2D eigenvalue weighted by atomic mass is 16.6. The third kappa shape index (κ3) is 3.46. The summed E-state index contributed by atoms with van der Waals surface area (Å²) in [4.78, 5) is 25.2. The lowest BCUT2D eigenvalue weighted by atomic mass is 9.90. The molecule has 0 aliphatic carbocycles. The van der Waals surface area contributed by atoms with Crippen LogP contribution in [0.5, 0.6) is 11.5 Å². The van der Waals surface area contributed by atoms with Gasteiger partial charge in [0.2, 0.25) is 11.8 Å². The van der Waals surface area contributed by atoms with E-state index in [1.807, 2.05) is 18.2 Å². The first-order valence-corrected chi connectivity index (χ1v) is 8.16. The molecular weight excluding hydrogens is 312 g/mol. The highest BCUT2D eigenvalue weighted by Gasteiger charge is 2.38. The van der Waals surface area contributed by atoms with Gasteiger partial charge in [-0.25, -0.2) is 0 Å². The topological polar surface area (TPSA) is 102 Å². The number of primary amides is 1. The first-order chi connectivity index (χ1) is 11.5. The number of aliphatic hydroxyl groups is 1. The number of carbonyl (C=O) groups excluding carboxylic acids is 2. The van der Waals surface area contributed by atoms with Crippen LogP contribution >= 0.6 is 0 Å². The summed E-state index contributed by atoms with van der Waals surface area (Å²) in [6.45, 7) is 1.78. The zero-order valence-electron chi connectivity index (χ0n) is 13.5. The molecule has 0 atom stereocenters. The molecule has 0 saturated carbocycles. The van der Waals surface area contributed by atoms with E-state index >= 15 is 0 Å². The van der Waals surface area contributed by atoms with Crippen molar-refractivity contribution in [3.63, 3.8) is 0 Å². The summed E-state index contributed by atoms with van der Waals surface area (Å²) in [7, 11) is 0. The number of ether oxygens (including phenoxy) is 2. The first-order valence-electron chi connectivity index (χ1n) is 8.16. The minimum absolute atomic E-state index is 0.0106. The van der Waals surface area contributed by atoms with Gasteiger partial charge in [0.1, 0.15) is 18.8 Å². The molecule has 1 fully saturated rings. The van der Waals surface area contributed by atoms with Gasteiger partial charge in [0, 0.05) is 32.4 Å². The molecule has 2 amide bonds. The van der Waals surface area contributed by atoms with Gasteiger partial charge in [0.15, 0.2) is 11.5 Å². The molecule has 1 aromatic carbocycles. The molecule has 2 aliphatic heterocycles. The maximum absolute atomic E-state index is 12.3. The van der Waals surface area contributed by atoms with Crippen molar-refractivity contribution in [3.05, 3.63) is 23.8 Å². The number of hydrogen-bond acceptors (Lipinski definition) is 5. The Labute approximate surface area is 140 Å². The van der Waals surface area contributed by atoms with Crippen LogP contribution in [0.2, 0.25) is 0 Å². The van der Waals surface area contributed by atoms with Crippen molar-refractivity contribution in [1.82, 2.24) is 4.90 Å². The number of likely N-dealkylation sites (tertiary alicyclic amines) is 1. The summed E-state index contributed by atoms with van der Waals surface area (Å²) in [6.07, 6.45) is 1.36. The Morgan fingerprint density at radius 3 is 2.50 bits per heavy atom. The smallest absolute Gasteiger partial charge is 0.249 e. The monoisotopic (exact) mass is 334 g/mol. The summed E-state index contributed by atoms with van der Waals surface area (Å²) in [5.41, 5.74) is 4.73. The molecule has 0 unspecified atom stereocenters. The van der Waals surface area contributed by atoms with E-state index in [2.05, 4.69) is 0 Å². The molecule has 130 valence electrons. The maximum Gasteiger partial charge on any atom is 0.249 e. The number of hydrogen-bond donors (Lipinski definition) is 2. The molecular formula is C17H22N2O5. The largest absolute Gasteiger partial charge is 0.486 e. The fraction of sp³-hybridized carbons (Fsp3) is 0.529. The van der Waals surface area contributed by atoms with Crippen molar-refractivity contribution in [2.75, 3.05) is 26.3 Å². The summed E-state index contributed by atoms with van der Waals surface area (Å²) in [6, 6.07) is 5.70. The minimum Gasteiger partial charge on any atom is -0.486 e. The lowest BCUT2D eigenvalue weighted by Crippen LogP contribution is -2.53. The number of nitrogens with two attached hydrogens (primary N) is 1. The maximum atomic E-state index is 12.3. The minimum atomic E-state index is -1.48. The first kappa shape index (κ1) is 16.6. The highest BCUT2D eigenvalue weighted by molar-refractivity contribution is 5.84. The molecule has 7 nitrogen and oxygen atoms in total. The van der Waals surface area contributed by atoms with E-state index in [4.69, 9.17) is 15.2 Å². The molecule has 7 heteroatoms. The van der Waals surface area contributed by atoms with Crippen LogP contribution in [0.1, 0.15) is 24.8 Å². The van der Waals surface area contributed by atoms with Gasteiger partial charge in [0.25, 0.3) is 0 Å². The zero-order chi connectivity index (χ0) is 17.2. The number of fused-ring (bicyclic) bond motifs is 1. The summed E-state index contributed by atoms with van der Waals surface area (Å²) in [5.74, 6) is 0.746. The van der Waals surface area contributed by atoms with Crippen LogP contribution in [0, 0.1) is 0 Å². The van der Waals surface area contributed by atoms with Crippen LogP contribution < -0.4 is 15.2 Å². The van der Waals surface area contributed by atoms with Crippen molar-refractivity contribution in [1.29, 1.82) is 0 Å². The molecule has 2 aliphatic rings. The predicted octanol–water partition coefficient (Wildman–Crippen LogP) is 0.229. The number of amides is 2. The Morgan fingerprint density at radius 2 is 1.83 bits per heavy atom. The van der Waals surface area contributed by atoms with E-state index in [0.29, 0.717) is 39.1 Å². The molecule has 0 bridgehead atoms. The normalized spacial score (nSPS) is 19.0. The number of aryl methyl sites for hydroxylation is 1. The van der Waals surface area contributed by atoms with Gasteiger partial charge in [-0.15, -0.1) is 0 Å². The van der Waals surface area contributed by atoms with Crippen molar-refractivity contribution >= 4 is 11.8 Å². The van der Waals surface area contributed by atoms with E-state index < -0.39 is 11.5 Å². The quantitative estimate of drug-likeness (QED) is 0.821. The Kier molecular flexibility index (Phi) is 4.62. The Balaban J connectivity index is 1.52. The second-order valence-electron chi connectivity index (χ2n) is 6.25. The van der Waals surface area contributed by atoms with Crippen molar-refractivity contribution < 1.29 is 24.2 Å². The second kappa shape index (κ2) is 6.68. The van der Waals surface area contributed by atoms with Crippen LogP contribution in [0.3, 0.4) is 0 Å². The van der Waals surface area contributed by atoms with Crippen LogP contribution in [0.15, 0.2) is 18.2 Å². The lowest BCUT2D eigenvalue weighted by molar-refractivity contribution is -0.146. The Hall–Kier alpha value is -2.28. The highest BCUT2D eigenvalue weighted by Crippen LogP contribution is 2.31. The van der Waals surface area contributed by atoms with Crippen LogP contribution in [0.4, 0.5) is 0 Å². The van der Waals surface area contributed by atoms with Crippen molar-refractivity contribution in [2.45, 2.75) is 31.3 Å². The molecule has 0 aromatic heterocycles. The number of rotatable bonds is 4. The molecule has 1 saturated heterocycles.